The molecule has 1 aliphatic rings. The molecule has 0 fully saturated rings. The topological polar surface area (TPSA) is 58.6 Å². The van der Waals surface area contributed by atoms with Crippen molar-refractivity contribution >= 4 is 33.8 Å². The Morgan fingerprint density at radius 2 is 1.65 bits per heavy atom. The number of thiophene rings is 1. The highest BCUT2D eigenvalue weighted by Crippen LogP contribution is 2.46. The van der Waals surface area contributed by atoms with Crippen molar-refractivity contribution in [3.63, 3.8) is 0 Å². The van der Waals surface area contributed by atoms with Crippen LogP contribution < -0.4 is 5.32 Å². The first kappa shape index (κ1) is 36.2. The first-order chi connectivity index (χ1) is 23.1. The van der Waals surface area contributed by atoms with Gasteiger partial charge in [0.05, 0.1) is 18.4 Å². The second-order valence-corrected chi connectivity index (χ2v) is 13.8. The smallest absolute Gasteiger partial charge is 0.337 e. The minimum Gasteiger partial charge on any atom is -0.501 e. The van der Waals surface area contributed by atoms with Crippen molar-refractivity contribution in [1.82, 2.24) is 0 Å². The number of fused-ring (bicyclic) bond motifs is 2. The number of rotatable bonds is 8. The summed E-state index contributed by atoms with van der Waals surface area (Å²) in [7, 11) is 1.63. The number of methoxy groups -OCH3 is 1. The van der Waals surface area contributed by atoms with E-state index in [1.54, 1.807) is 30.6 Å². The molecule has 4 aromatic carbocycles. The number of carboxylic acids is 1. The summed E-state index contributed by atoms with van der Waals surface area (Å²) in [6, 6.07) is 29.9. The van der Waals surface area contributed by atoms with E-state index >= 15 is 0 Å². The highest BCUT2D eigenvalue weighted by molar-refractivity contribution is 7.16. The van der Waals surface area contributed by atoms with Crippen LogP contribution in [0.1, 0.15) is 73.0 Å². The zero-order valence-electron chi connectivity index (χ0n) is 29.4. The molecule has 250 valence electrons. The van der Waals surface area contributed by atoms with E-state index in [1.807, 2.05) is 20.8 Å². The van der Waals surface area contributed by atoms with Gasteiger partial charge in [-0.15, -0.1) is 11.3 Å². The minimum absolute atomic E-state index is 0.116. The van der Waals surface area contributed by atoms with E-state index in [0.717, 1.165) is 63.4 Å². The number of aryl methyl sites for hydroxylation is 2. The lowest BCUT2D eigenvalue weighted by Gasteiger charge is -2.29. The summed E-state index contributed by atoms with van der Waals surface area (Å²) < 4.78 is 4.78. The molecule has 5 aromatic rings. The van der Waals surface area contributed by atoms with Gasteiger partial charge in [-0.2, -0.15) is 0 Å². The van der Waals surface area contributed by atoms with Gasteiger partial charge in [0.15, 0.2) is 0 Å². The summed E-state index contributed by atoms with van der Waals surface area (Å²) in [5.41, 5.74) is 8.31. The molecule has 1 heterocycles. The molecule has 0 radical (unpaired) electrons. The monoisotopic (exact) mass is 659 g/mol. The van der Waals surface area contributed by atoms with Gasteiger partial charge in [0, 0.05) is 22.0 Å². The van der Waals surface area contributed by atoms with Crippen LogP contribution in [0.4, 0.5) is 5.69 Å². The van der Waals surface area contributed by atoms with Crippen LogP contribution in [0.3, 0.4) is 0 Å². The van der Waals surface area contributed by atoms with Crippen LogP contribution in [0.2, 0.25) is 0 Å². The molecule has 0 saturated carbocycles. The average Bonchev–Trinajstić information content (AvgIpc) is 3.46. The molecule has 0 amide bonds. The standard InChI is InChI=1S/C35H33NO2S.C6H10O.C2H6/c1-22-8-13-28(14-9-22)36-21-27-19-26(25-11-10-23-6-4-5-7-24(23)18-25)12-15-29(27)33-32(34(37)38)30-20-35(2,3)17-16-31(30)39-33;1-4-5-6(2)7-3;1-2/h4-15,18-19,36H,16-17,20-21H2,1-3H3,(H,37,38);4-5H,1H2,2-3H3;1-2H3/b;6-5+;. The number of hydrogen-bond acceptors (Lipinski definition) is 4. The zero-order valence-corrected chi connectivity index (χ0v) is 30.3. The quantitative estimate of drug-likeness (QED) is 0.129. The second kappa shape index (κ2) is 16.5. The third-order valence-corrected chi connectivity index (χ3v) is 9.96. The molecule has 1 aliphatic carbocycles. The molecule has 1 aromatic heterocycles. The average molecular weight is 660 g/mol. The molecule has 48 heavy (non-hydrogen) atoms. The third-order valence-electron chi connectivity index (χ3n) is 8.63. The molecular weight excluding hydrogens is 611 g/mol. The minimum atomic E-state index is -0.823. The van der Waals surface area contributed by atoms with E-state index in [4.69, 9.17) is 4.74 Å². The molecule has 0 bridgehead atoms. The number of aromatic carboxylic acids is 1. The highest BCUT2D eigenvalue weighted by atomic mass is 32.1. The molecule has 0 aliphatic heterocycles. The molecule has 0 atom stereocenters. The molecular formula is C43H49NO3S. The van der Waals surface area contributed by atoms with Crippen LogP contribution >= 0.6 is 11.3 Å². The lowest BCUT2D eigenvalue weighted by Crippen LogP contribution is -2.22. The Bertz CT molecular complexity index is 1900. The van der Waals surface area contributed by atoms with Crippen LogP contribution in [-0.4, -0.2) is 18.2 Å². The Kier molecular flexibility index (Phi) is 12.4. The van der Waals surface area contributed by atoms with Gasteiger partial charge in [-0.3, -0.25) is 0 Å². The van der Waals surface area contributed by atoms with Gasteiger partial charge in [0.2, 0.25) is 0 Å². The lowest BCUT2D eigenvalue weighted by molar-refractivity contribution is 0.0696. The fourth-order valence-corrected chi connectivity index (χ4v) is 7.32. The Hall–Kier alpha value is -4.61. The van der Waals surface area contributed by atoms with Crippen molar-refractivity contribution in [2.75, 3.05) is 12.4 Å². The first-order valence-electron chi connectivity index (χ1n) is 16.7. The van der Waals surface area contributed by atoms with Crippen molar-refractivity contribution < 1.29 is 14.6 Å². The molecule has 2 N–H and O–H groups in total. The van der Waals surface area contributed by atoms with E-state index in [-0.39, 0.29) is 5.41 Å². The number of carboxylic acid groups (broad SMARTS) is 1. The van der Waals surface area contributed by atoms with E-state index in [0.29, 0.717) is 12.1 Å². The summed E-state index contributed by atoms with van der Waals surface area (Å²) in [5, 5.41) is 16.4. The number of allylic oxidation sites excluding steroid dienone is 3. The van der Waals surface area contributed by atoms with Crippen LogP contribution in [0.25, 0.3) is 32.3 Å². The largest absolute Gasteiger partial charge is 0.501 e. The van der Waals surface area contributed by atoms with E-state index in [9.17, 15) is 9.90 Å². The molecule has 5 heteroatoms. The maximum absolute atomic E-state index is 12.7. The van der Waals surface area contributed by atoms with Crippen LogP contribution in [0, 0.1) is 12.3 Å². The number of anilines is 1. The predicted molar refractivity (Wildman–Crippen MR) is 206 cm³/mol. The van der Waals surface area contributed by atoms with Crippen molar-refractivity contribution in [2.45, 2.75) is 67.3 Å². The highest BCUT2D eigenvalue weighted by Gasteiger charge is 2.33. The molecule has 0 spiro atoms. The fourth-order valence-electron chi connectivity index (χ4n) is 5.95. The Morgan fingerprint density at radius 1 is 0.979 bits per heavy atom. The summed E-state index contributed by atoms with van der Waals surface area (Å²) in [5.74, 6) is 0.0613. The summed E-state index contributed by atoms with van der Waals surface area (Å²) in [4.78, 5) is 14.8. The van der Waals surface area contributed by atoms with Gasteiger partial charge in [0.1, 0.15) is 0 Å². The summed E-state index contributed by atoms with van der Waals surface area (Å²) in [6.07, 6.45) is 6.34. The van der Waals surface area contributed by atoms with Crippen LogP contribution in [-0.2, 0) is 24.1 Å². The molecule has 4 nitrogen and oxygen atoms in total. The van der Waals surface area contributed by atoms with E-state index < -0.39 is 5.97 Å². The van der Waals surface area contributed by atoms with Crippen molar-refractivity contribution in [1.29, 1.82) is 0 Å². The normalized spacial score (nSPS) is 13.3. The van der Waals surface area contributed by atoms with E-state index in [2.05, 4.69) is 118 Å². The van der Waals surface area contributed by atoms with Crippen LogP contribution in [0.15, 0.2) is 109 Å². The zero-order chi connectivity index (χ0) is 34.8. The molecule has 0 unspecified atom stereocenters. The van der Waals surface area contributed by atoms with Crippen molar-refractivity contribution in [3.05, 3.63) is 137 Å². The van der Waals surface area contributed by atoms with Gasteiger partial charge in [0.25, 0.3) is 0 Å². The van der Waals surface area contributed by atoms with Crippen molar-refractivity contribution in [2.24, 2.45) is 5.41 Å². The van der Waals surface area contributed by atoms with Gasteiger partial charge >= 0.3 is 5.97 Å². The Labute approximate surface area is 290 Å². The van der Waals surface area contributed by atoms with E-state index in [1.165, 1.54) is 21.2 Å². The lowest BCUT2D eigenvalue weighted by atomic mass is 9.76. The molecule has 0 saturated heterocycles. The number of ether oxygens (including phenoxy) is 1. The van der Waals surface area contributed by atoms with Gasteiger partial charge < -0.3 is 15.2 Å². The summed E-state index contributed by atoms with van der Waals surface area (Å²) >= 11 is 1.68. The molecule has 6 rings (SSSR count). The number of hydrogen-bond donors (Lipinski definition) is 2. The van der Waals surface area contributed by atoms with Gasteiger partial charge in [-0.25, -0.2) is 4.79 Å². The predicted octanol–water partition coefficient (Wildman–Crippen LogP) is 12.1. The van der Waals surface area contributed by atoms with Crippen molar-refractivity contribution in [3.8, 4) is 21.6 Å². The summed E-state index contributed by atoms with van der Waals surface area (Å²) in [6.45, 7) is 16.5. The van der Waals surface area contributed by atoms with Gasteiger partial charge in [-0.05, 0) is 107 Å². The van der Waals surface area contributed by atoms with Crippen LogP contribution in [0.5, 0.6) is 0 Å². The van der Waals surface area contributed by atoms with Gasteiger partial charge in [-0.1, -0.05) is 107 Å². The number of carbonyl (C=O) groups is 1. The third kappa shape index (κ3) is 8.84. The number of benzene rings is 4. The fraction of sp³-hybridized carbons (Fsp3) is 0.279. The maximum atomic E-state index is 12.7. The first-order valence-corrected chi connectivity index (χ1v) is 17.5. The SMILES string of the molecule is C=C/C=C(\C)OC.CC.Cc1ccc(NCc2cc(-c3ccc4ccccc4c3)ccc2-c2sc3c(c2C(=O)O)CC(C)(C)CC3)cc1. The maximum Gasteiger partial charge on any atom is 0.337 e. The Balaban J connectivity index is 0.000000516. The Morgan fingerprint density at radius 3 is 2.29 bits per heavy atom. The second-order valence-electron chi connectivity index (χ2n) is 12.7. The number of nitrogens with one attached hydrogen (secondary N) is 1.